The lowest BCUT2D eigenvalue weighted by atomic mass is 10.1. The summed E-state index contributed by atoms with van der Waals surface area (Å²) in [6, 6.07) is 11.0. The Morgan fingerprint density at radius 3 is 2.25 bits per heavy atom. The topological polar surface area (TPSA) is 102 Å². The van der Waals surface area contributed by atoms with E-state index in [0.29, 0.717) is 17.0 Å². The number of rotatable bonds is 6. The summed E-state index contributed by atoms with van der Waals surface area (Å²) in [6.45, 7) is 6.98. The molecule has 0 saturated carbocycles. The third-order valence-corrected chi connectivity index (χ3v) is 4.48. The number of anilines is 1. The number of amides is 4. The van der Waals surface area contributed by atoms with Crippen LogP contribution in [-0.4, -0.2) is 36.5 Å². The number of nitrogens with zero attached hydrogens (tertiary/aromatic N) is 1. The first kappa shape index (κ1) is 22.7. The lowest BCUT2D eigenvalue weighted by Gasteiger charge is -2.27. The molecule has 0 atom stereocenters. The Hall–Kier alpha value is -3.94. The summed E-state index contributed by atoms with van der Waals surface area (Å²) in [5, 5.41) is 2.21. The Balaban J connectivity index is 1.79. The molecule has 0 aliphatic carbocycles. The second-order valence-corrected chi connectivity index (χ2v) is 7.70. The summed E-state index contributed by atoms with van der Waals surface area (Å²) in [6.07, 6.45) is 1.17. The molecule has 3 rings (SSSR count). The first-order chi connectivity index (χ1) is 15.1. The molecule has 1 fully saturated rings. The van der Waals surface area contributed by atoms with Crippen molar-refractivity contribution in [1.82, 2.24) is 5.32 Å². The van der Waals surface area contributed by atoms with Crippen molar-refractivity contribution in [2.75, 3.05) is 11.5 Å². The number of carbonyl (C=O) groups is 4. The highest BCUT2D eigenvalue weighted by atomic mass is 16.6. The number of nitrogens with one attached hydrogen (secondary N) is 1. The quantitative estimate of drug-likeness (QED) is 0.424. The van der Waals surface area contributed by atoms with Gasteiger partial charge in [0.1, 0.15) is 11.3 Å². The van der Waals surface area contributed by atoms with Crippen LogP contribution in [0, 0.1) is 13.8 Å². The van der Waals surface area contributed by atoms with Crippen molar-refractivity contribution in [3.63, 3.8) is 0 Å². The minimum Gasteiger partial charge on any atom is -0.482 e. The van der Waals surface area contributed by atoms with E-state index in [1.165, 1.54) is 6.08 Å². The second kappa shape index (κ2) is 9.47. The van der Waals surface area contributed by atoms with Crippen molar-refractivity contribution in [2.24, 2.45) is 0 Å². The highest BCUT2D eigenvalue weighted by molar-refractivity contribution is 6.39. The van der Waals surface area contributed by atoms with Crippen LogP contribution < -0.4 is 15.0 Å². The molecule has 1 N–H and O–H groups in total. The number of barbiturate groups is 1. The maximum absolute atomic E-state index is 13.0. The Bertz CT molecular complexity index is 1080. The minimum absolute atomic E-state index is 0.169. The zero-order chi connectivity index (χ0) is 23.4. The maximum Gasteiger partial charge on any atom is 0.344 e. The average molecular weight is 436 g/mol. The van der Waals surface area contributed by atoms with E-state index in [-0.39, 0.29) is 18.3 Å². The van der Waals surface area contributed by atoms with Crippen LogP contribution >= 0.6 is 0 Å². The molecule has 8 nitrogen and oxygen atoms in total. The highest BCUT2D eigenvalue weighted by Crippen LogP contribution is 2.24. The van der Waals surface area contributed by atoms with E-state index in [1.807, 2.05) is 19.9 Å². The summed E-state index contributed by atoms with van der Waals surface area (Å²) in [7, 11) is 0. The van der Waals surface area contributed by atoms with Crippen molar-refractivity contribution in [2.45, 2.75) is 33.8 Å². The van der Waals surface area contributed by atoms with Crippen LogP contribution in [-0.2, 0) is 19.1 Å². The molecule has 0 spiro atoms. The van der Waals surface area contributed by atoms with E-state index in [9.17, 15) is 19.2 Å². The number of hydrogen-bond donors (Lipinski definition) is 1. The molecule has 166 valence electrons. The predicted molar refractivity (Wildman–Crippen MR) is 118 cm³/mol. The van der Waals surface area contributed by atoms with Crippen LogP contribution in [0.15, 0.2) is 48.0 Å². The standard InChI is InChI=1S/C24H24N2O6/c1-14(2)32-21(27)13-31-19-7-5-17(6-8-19)12-20-22(28)25-24(30)26(23(20)29)18-10-15(3)9-16(4)11-18/h5-12,14H,13H2,1-4H3,(H,25,28,30)/b20-12+. The van der Waals surface area contributed by atoms with Gasteiger partial charge in [-0.2, -0.15) is 0 Å². The summed E-state index contributed by atoms with van der Waals surface area (Å²) in [5.41, 5.74) is 2.54. The zero-order valence-corrected chi connectivity index (χ0v) is 18.3. The van der Waals surface area contributed by atoms with Gasteiger partial charge in [0.15, 0.2) is 6.61 Å². The fraction of sp³-hybridized carbons (Fsp3) is 0.250. The minimum atomic E-state index is -0.792. The first-order valence-electron chi connectivity index (χ1n) is 10.1. The molecule has 1 aliphatic rings. The third kappa shape index (κ3) is 5.40. The second-order valence-electron chi connectivity index (χ2n) is 7.70. The van der Waals surface area contributed by atoms with E-state index < -0.39 is 23.8 Å². The van der Waals surface area contributed by atoms with E-state index in [2.05, 4.69) is 5.32 Å². The van der Waals surface area contributed by atoms with Crippen molar-refractivity contribution < 1.29 is 28.7 Å². The summed E-state index contributed by atoms with van der Waals surface area (Å²) >= 11 is 0. The van der Waals surface area contributed by atoms with Gasteiger partial charge in [0.2, 0.25) is 0 Å². The first-order valence-corrected chi connectivity index (χ1v) is 10.1. The Kier molecular flexibility index (Phi) is 6.73. The fourth-order valence-electron chi connectivity index (χ4n) is 3.24. The van der Waals surface area contributed by atoms with Gasteiger partial charge in [0.25, 0.3) is 11.8 Å². The number of esters is 1. The molecule has 2 aromatic rings. The Morgan fingerprint density at radius 2 is 1.66 bits per heavy atom. The van der Waals surface area contributed by atoms with Crippen LogP contribution in [0.5, 0.6) is 5.75 Å². The van der Waals surface area contributed by atoms with Crippen LogP contribution in [0.1, 0.15) is 30.5 Å². The van der Waals surface area contributed by atoms with Gasteiger partial charge in [-0.3, -0.25) is 14.9 Å². The lowest BCUT2D eigenvalue weighted by molar-refractivity contribution is -0.149. The van der Waals surface area contributed by atoms with E-state index in [0.717, 1.165) is 16.0 Å². The molecule has 1 aliphatic heterocycles. The van der Waals surface area contributed by atoms with Gasteiger partial charge in [0.05, 0.1) is 11.8 Å². The van der Waals surface area contributed by atoms with E-state index in [4.69, 9.17) is 9.47 Å². The Morgan fingerprint density at radius 1 is 1.03 bits per heavy atom. The SMILES string of the molecule is Cc1cc(C)cc(N2C(=O)NC(=O)/C(=C\c3ccc(OCC(=O)OC(C)C)cc3)C2=O)c1. The zero-order valence-electron chi connectivity index (χ0n) is 18.3. The summed E-state index contributed by atoms with van der Waals surface area (Å²) < 4.78 is 10.4. The number of urea groups is 1. The molecule has 0 unspecified atom stereocenters. The Labute approximate surface area is 185 Å². The number of carbonyl (C=O) groups excluding carboxylic acids is 4. The van der Waals surface area contributed by atoms with Crippen molar-refractivity contribution in [3.8, 4) is 5.75 Å². The molecule has 0 aromatic heterocycles. The number of benzene rings is 2. The monoisotopic (exact) mass is 436 g/mol. The smallest absolute Gasteiger partial charge is 0.344 e. The average Bonchev–Trinajstić information content (AvgIpc) is 2.69. The van der Waals surface area contributed by atoms with Crippen molar-refractivity contribution >= 4 is 35.6 Å². The van der Waals surface area contributed by atoms with Gasteiger partial charge in [-0.05, 0) is 74.7 Å². The van der Waals surface area contributed by atoms with Gasteiger partial charge in [-0.25, -0.2) is 14.5 Å². The fourth-order valence-corrected chi connectivity index (χ4v) is 3.24. The summed E-state index contributed by atoms with van der Waals surface area (Å²) in [4.78, 5) is 50.2. The van der Waals surface area contributed by atoms with E-state index >= 15 is 0 Å². The molecule has 0 bridgehead atoms. The van der Waals surface area contributed by atoms with Crippen LogP contribution in [0.3, 0.4) is 0 Å². The predicted octanol–water partition coefficient (Wildman–Crippen LogP) is 3.30. The number of ether oxygens (including phenoxy) is 2. The van der Waals surface area contributed by atoms with Gasteiger partial charge in [-0.15, -0.1) is 0 Å². The van der Waals surface area contributed by atoms with Gasteiger partial charge >= 0.3 is 12.0 Å². The molecular formula is C24H24N2O6. The van der Waals surface area contributed by atoms with Crippen LogP contribution in [0.2, 0.25) is 0 Å². The van der Waals surface area contributed by atoms with Crippen LogP contribution in [0.25, 0.3) is 6.08 Å². The normalized spacial score (nSPS) is 15.2. The molecule has 32 heavy (non-hydrogen) atoms. The van der Waals surface area contributed by atoms with Crippen LogP contribution in [0.4, 0.5) is 10.5 Å². The lowest BCUT2D eigenvalue weighted by Crippen LogP contribution is -2.54. The molecule has 8 heteroatoms. The molecule has 0 radical (unpaired) electrons. The number of hydrogen-bond acceptors (Lipinski definition) is 6. The van der Waals surface area contributed by atoms with Gasteiger partial charge in [0, 0.05) is 0 Å². The largest absolute Gasteiger partial charge is 0.482 e. The molecular weight excluding hydrogens is 412 g/mol. The molecule has 2 aromatic carbocycles. The third-order valence-electron chi connectivity index (χ3n) is 4.48. The maximum atomic E-state index is 13.0. The van der Waals surface area contributed by atoms with Gasteiger partial charge in [-0.1, -0.05) is 18.2 Å². The summed E-state index contributed by atoms with van der Waals surface area (Å²) in [5.74, 6) is -1.52. The number of imide groups is 2. The molecule has 1 heterocycles. The number of aryl methyl sites for hydroxylation is 2. The molecule has 4 amide bonds. The molecule has 1 saturated heterocycles. The highest BCUT2D eigenvalue weighted by Gasteiger charge is 2.36. The van der Waals surface area contributed by atoms with Crippen molar-refractivity contribution in [1.29, 1.82) is 0 Å². The van der Waals surface area contributed by atoms with E-state index in [1.54, 1.807) is 50.2 Å². The van der Waals surface area contributed by atoms with Crippen molar-refractivity contribution in [3.05, 3.63) is 64.7 Å². The van der Waals surface area contributed by atoms with Gasteiger partial charge < -0.3 is 9.47 Å².